The van der Waals surface area contributed by atoms with Crippen LogP contribution in [0.1, 0.15) is 220 Å². The van der Waals surface area contributed by atoms with Crippen LogP contribution in [-0.2, 0) is 4.74 Å². The molecule has 0 aromatic rings. The Hall–Kier alpha value is -0.0400. The zero-order valence-corrected chi connectivity index (χ0v) is 26.8. The second kappa shape index (κ2) is 32.2. The molecule has 1 nitrogen and oxygen atoms in total. The Bertz CT molecular complexity index is 356. The van der Waals surface area contributed by atoms with Crippen molar-refractivity contribution in [2.45, 2.75) is 233 Å². The number of rotatable bonds is 32. The lowest BCUT2D eigenvalue weighted by molar-refractivity contribution is -0.0308. The minimum atomic E-state index is 0.516. The predicted octanol–water partition coefficient (Wildman–Crippen LogP) is 13.5. The van der Waals surface area contributed by atoms with E-state index < -0.39 is 0 Å². The quantitative estimate of drug-likeness (QED) is 0.0798. The average molecular weight is 523 g/mol. The predicted molar refractivity (Wildman–Crippen MR) is 170 cm³/mol. The fraction of sp³-hybridized carbons (Fsp3) is 1.00. The van der Waals surface area contributed by atoms with Crippen LogP contribution in [0.5, 0.6) is 0 Å². The lowest BCUT2D eigenvalue weighted by Crippen LogP contribution is -2.22. The van der Waals surface area contributed by atoms with Gasteiger partial charge in [-0.25, -0.2) is 0 Å². The van der Waals surface area contributed by atoms with Crippen molar-refractivity contribution < 1.29 is 4.74 Å². The molecule has 0 aromatic carbocycles. The largest absolute Gasteiger partial charge is 0.375 e. The summed E-state index contributed by atoms with van der Waals surface area (Å²) >= 11 is 0. The highest BCUT2D eigenvalue weighted by molar-refractivity contribution is 4.65. The van der Waals surface area contributed by atoms with Gasteiger partial charge >= 0.3 is 0 Å². The van der Waals surface area contributed by atoms with Gasteiger partial charge in [-0.1, -0.05) is 195 Å². The summed E-state index contributed by atoms with van der Waals surface area (Å²) in [5.74, 6) is 0. The van der Waals surface area contributed by atoms with E-state index in [0.29, 0.717) is 12.2 Å². The maximum Gasteiger partial charge on any atom is 0.0578 e. The van der Waals surface area contributed by atoms with E-state index in [4.69, 9.17) is 4.74 Å². The van der Waals surface area contributed by atoms with Crippen LogP contribution in [0.3, 0.4) is 0 Å². The summed E-state index contributed by atoms with van der Waals surface area (Å²) in [7, 11) is 0. The molecule has 0 amide bonds. The molecule has 0 fully saturated rings. The lowest BCUT2D eigenvalue weighted by Gasteiger charge is -2.25. The van der Waals surface area contributed by atoms with Crippen molar-refractivity contribution in [3.8, 4) is 0 Å². The molecule has 0 radical (unpaired) electrons. The molecule has 2 atom stereocenters. The molecular weight excluding hydrogens is 448 g/mol. The molecule has 224 valence electrons. The van der Waals surface area contributed by atoms with Gasteiger partial charge in [0.1, 0.15) is 0 Å². The number of unbranched alkanes of at least 4 members (excludes halogenated alkanes) is 22. The van der Waals surface area contributed by atoms with E-state index in [0.717, 1.165) is 0 Å². The summed E-state index contributed by atoms with van der Waals surface area (Å²) in [6, 6.07) is 0. The highest BCUT2D eigenvalue weighted by Crippen LogP contribution is 2.21. The van der Waals surface area contributed by atoms with Crippen LogP contribution in [0.15, 0.2) is 0 Å². The molecule has 0 bridgehead atoms. The van der Waals surface area contributed by atoms with Crippen LogP contribution in [0.4, 0.5) is 0 Å². The number of hydrogen-bond donors (Lipinski definition) is 0. The van der Waals surface area contributed by atoms with E-state index in [1.165, 1.54) is 193 Å². The van der Waals surface area contributed by atoms with Crippen LogP contribution in [0.25, 0.3) is 0 Å². The zero-order valence-electron chi connectivity index (χ0n) is 26.8. The molecule has 0 aromatic heterocycles. The van der Waals surface area contributed by atoms with Gasteiger partial charge in [-0.3, -0.25) is 0 Å². The molecule has 0 aliphatic heterocycles. The summed E-state index contributed by atoms with van der Waals surface area (Å²) in [6.45, 7) is 9.28. The highest BCUT2D eigenvalue weighted by atomic mass is 16.5. The Kier molecular flexibility index (Phi) is 32.1. The molecule has 0 saturated carbocycles. The Balaban J connectivity index is 3.79. The van der Waals surface area contributed by atoms with Gasteiger partial charge in [-0.05, 0) is 25.7 Å². The van der Waals surface area contributed by atoms with Gasteiger partial charge in [0, 0.05) is 0 Å². The van der Waals surface area contributed by atoms with Gasteiger partial charge < -0.3 is 4.74 Å². The van der Waals surface area contributed by atoms with Gasteiger partial charge in [0.05, 0.1) is 12.2 Å². The maximum atomic E-state index is 6.73. The van der Waals surface area contributed by atoms with E-state index in [1.54, 1.807) is 0 Å². The first-order valence-corrected chi connectivity index (χ1v) is 17.9. The lowest BCUT2D eigenvalue weighted by atomic mass is 10.0. The van der Waals surface area contributed by atoms with Crippen LogP contribution < -0.4 is 0 Å². The smallest absolute Gasteiger partial charge is 0.0578 e. The van der Waals surface area contributed by atoms with Crippen molar-refractivity contribution in [2.75, 3.05) is 0 Å². The van der Waals surface area contributed by atoms with Gasteiger partial charge in [0.2, 0.25) is 0 Å². The molecule has 37 heavy (non-hydrogen) atoms. The zero-order chi connectivity index (χ0) is 27.1. The first-order chi connectivity index (χ1) is 18.3. The van der Waals surface area contributed by atoms with Gasteiger partial charge in [0.15, 0.2) is 0 Å². The van der Waals surface area contributed by atoms with Gasteiger partial charge in [0.25, 0.3) is 0 Å². The van der Waals surface area contributed by atoms with Gasteiger partial charge in [-0.15, -0.1) is 0 Å². The Morgan fingerprint density at radius 3 is 0.757 bits per heavy atom. The standard InChI is InChI=1S/C36H74O/c1-5-9-11-13-15-17-19-21-23-25-27-29-33-35(31-7-3)37-36(32-8-4)34-30-28-26-24-22-20-18-16-14-12-10-6-2/h35-36H,5-34H2,1-4H3. The van der Waals surface area contributed by atoms with Crippen molar-refractivity contribution >= 4 is 0 Å². The first kappa shape index (κ1) is 37.0. The molecule has 0 spiro atoms. The third-order valence-electron chi connectivity index (χ3n) is 8.37. The second-order valence-electron chi connectivity index (χ2n) is 12.3. The molecule has 0 heterocycles. The summed E-state index contributed by atoms with van der Waals surface area (Å²) in [4.78, 5) is 0. The van der Waals surface area contributed by atoms with Crippen molar-refractivity contribution in [1.29, 1.82) is 0 Å². The number of ether oxygens (including phenoxy) is 1. The highest BCUT2D eigenvalue weighted by Gasteiger charge is 2.15. The Labute approximate surface area is 237 Å². The minimum absolute atomic E-state index is 0.516. The molecule has 0 aliphatic carbocycles. The SMILES string of the molecule is CCCCCCCCCCCCCCC(CCC)OC(CCC)CCCCCCCCCCCCCC. The van der Waals surface area contributed by atoms with Gasteiger partial charge in [-0.2, -0.15) is 0 Å². The maximum absolute atomic E-state index is 6.73. The fourth-order valence-electron chi connectivity index (χ4n) is 5.90. The molecule has 0 aliphatic rings. The van der Waals surface area contributed by atoms with Crippen LogP contribution in [0, 0.1) is 0 Å². The molecule has 1 heteroatoms. The van der Waals surface area contributed by atoms with E-state index in [1.807, 2.05) is 0 Å². The normalized spacial score (nSPS) is 13.3. The summed E-state index contributed by atoms with van der Waals surface area (Å²) in [6.07, 6.45) is 43.2. The van der Waals surface area contributed by atoms with E-state index in [2.05, 4.69) is 27.7 Å². The van der Waals surface area contributed by atoms with Crippen molar-refractivity contribution in [3.05, 3.63) is 0 Å². The van der Waals surface area contributed by atoms with E-state index >= 15 is 0 Å². The third kappa shape index (κ3) is 28.8. The van der Waals surface area contributed by atoms with E-state index in [9.17, 15) is 0 Å². The Morgan fingerprint density at radius 2 is 0.514 bits per heavy atom. The van der Waals surface area contributed by atoms with E-state index in [-0.39, 0.29) is 0 Å². The van der Waals surface area contributed by atoms with Crippen molar-refractivity contribution in [1.82, 2.24) is 0 Å². The molecule has 0 N–H and O–H groups in total. The summed E-state index contributed by atoms with van der Waals surface area (Å²) in [5, 5.41) is 0. The van der Waals surface area contributed by atoms with Crippen LogP contribution in [-0.4, -0.2) is 12.2 Å². The third-order valence-corrected chi connectivity index (χ3v) is 8.37. The molecule has 2 unspecified atom stereocenters. The number of hydrogen-bond acceptors (Lipinski definition) is 1. The second-order valence-corrected chi connectivity index (χ2v) is 12.3. The Morgan fingerprint density at radius 1 is 0.270 bits per heavy atom. The molecule has 0 rings (SSSR count). The minimum Gasteiger partial charge on any atom is -0.375 e. The fourth-order valence-corrected chi connectivity index (χ4v) is 5.90. The van der Waals surface area contributed by atoms with Crippen molar-refractivity contribution in [3.63, 3.8) is 0 Å². The molecule has 0 saturated heterocycles. The van der Waals surface area contributed by atoms with Crippen molar-refractivity contribution in [2.24, 2.45) is 0 Å². The topological polar surface area (TPSA) is 9.23 Å². The summed E-state index contributed by atoms with van der Waals surface area (Å²) < 4.78 is 6.73. The average Bonchev–Trinajstić information content (AvgIpc) is 2.90. The first-order valence-electron chi connectivity index (χ1n) is 17.9. The monoisotopic (exact) mass is 523 g/mol. The molecular formula is C36H74O. The van der Waals surface area contributed by atoms with Crippen LogP contribution >= 0.6 is 0 Å². The summed E-state index contributed by atoms with van der Waals surface area (Å²) in [5.41, 5.74) is 0. The van der Waals surface area contributed by atoms with Crippen LogP contribution in [0.2, 0.25) is 0 Å².